The van der Waals surface area contributed by atoms with Gasteiger partial charge in [0.1, 0.15) is 5.78 Å². The fraction of sp³-hybridized carbons (Fsp3) is 0.714. The summed E-state index contributed by atoms with van der Waals surface area (Å²) in [5, 5.41) is 29.2. The first-order valence-electron chi connectivity index (χ1n) is 9.76. The first kappa shape index (κ1) is 22.6. The van der Waals surface area contributed by atoms with Crippen LogP contribution in [0.15, 0.2) is 24.3 Å². The zero-order valence-electron chi connectivity index (χ0n) is 16.1. The summed E-state index contributed by atoms with van der Waals surface area (Å²) in [6.07, 6.45) is 12.6. The van der Waals surface area contributed by atoms with E-state index < -0.39 is 17.7 Å². The molecule has 0 aromatic heterocycles. The smallest absolute Gasteiger partial charge is 0.303 e. The number of aliphatic hydroxyl groups excluding tert-OH is 1. The zero-order chi connectivity index (χ0) is 19.6. The van der Waals surface area contributed by atoms with Gasteiger partial charge in [-0.15, -0.1) is 0 Å². The predicted molar refractivity (Wildman–Crippen MR) is 102 cm³/mol. The van der Waals surface area contributed by atoms with Gasteiger partial charge < -0.3 is 15.3 Å². The maximum Gasteiger partial charge on any atom is 0.303 e. The van der Waals surface area contributed by atoms with Crippen molar-refractivity contribution in [1.29, 1.82) is 0 Å². The number of carboxylic acids is 1. The van der Waals surface area contributed by atoms with Crippen LogP contribution in [0.2, 0.25) is 0 Å². The molecule has 5 nitrogen and oxygen atoms in total. The summed E-state index contributed by atoms with van der Waals surface area (Å²) in [5.74, 6) is -1.33. The average molecular weight is 366 g/mol. The lowest BCUT2D eigenvalue weighted by atomic mass is 9.88. The SMILES string of the molecule is CCCCC[C@@](C)(O)/C=C/[C@H]1C(=O)C[C@@H](O)[C@@H]1C/C=C\CCCC(=O)O. The van der Waals surface area contributed by atoms with Crippen LogP contribution in [-0.4, -0.2) is 38.8 Å². The molecule has 0 aliphatic heterocycles. The van der Waals surface area contributed by atoms with Gasteiger partial charge in [-0.1, -0.05) is 50.5 Å². The molecule has 0 aromatic carbocycles. The Morgan fingerprint density at radius 2 is 2.00 bits per heavy atom. The molecule has 26 heavy (non-hydrogen) atoms. The Bertz CT molecular complexity index is 507. The lowest BCUT2D eigenvalue weighted by molar-refractivity contribution is -0.137. The quantitative estimate of drug-likeness (QED) is 0.362. The highest BCUT2D eigenvalue weighted by Crippen LogP contribution is 2.34. The molecule has 0 saturated heterocycles. The molecule has 0 unspecified atom stereocenters. The molecule has 148 valence electrons. The highest BCUT2D eigenvalue weighted by atomic mass is 16.4. The molecule has 5 heteroatoms. The number of hydrogen-bond donors (Lipinski definition) is 3. The topological polar surface area (TPSA) is 94.8 Å². The Hall–Kier alpha value is -1.46. The lowest BCUT2D eigenvalue weighted by Crippen LogP contribution is -2.23. The fourth-order valence-electron chi connectivity index (χ4n) is 3.39. The molecular formula is C21H34O5. The van der Waals surface area contributed by atoms with E-state index in [2.05, 4.69) is 6.92 Å². The number of unbranched alkanes of at least 4 members (excludes halogenated alkanes) is 3. The summed E-state index contributed by atoms with van der Waals surface area (Å²) < 4.78 is 0. The molecule has 0 spiro atoms. The Labute approximate surface area is 156 Å². The second-order valence-corrected chi connectivity index (χ2v) is 7.59. The molecule has 0 radical (unpaired) electrons. The third-order valence-electron chi connectivity index (χ3n) is 5.02. The van der Waals surface area contributed by atoms with Gasteiger partial charge in [-0.05, 0) is 32.6 Å². The molecule has 1 aliphatic rings. The fourth-order valence-corrected chi connectivity index (χ4v) is 3.39. The van der Waals surface area contributed by atoms with Crippen LogP contribution in [0.1, 0.15) is 71.6 Å². The van der Waals surface area contributed by atoms with Gasteiger partial charge in [0.2, 0.25) is 0 Å². The molecule has 0 heterocycles. The number of aliphatic hydroxyl groups is 2. The number of carbonyl (C=O) groups is 2. The maximum atomic E-state index is 12.2. The molecule has 1 rings (SSSR count). The molecule has 1 aliphatic carbocycles. The van der Waals surface area contributed by atoms with Crippen molar-refractivity contribution in [2.75, 3.05) is 0 Å². The van der Waals surface area contributed by atoms with Gasteiger partial charge >= 0.3 is 5.97 Å². The number of allylic oxidation sites excluding steroid dienone is 3. The van der Waals surface area contributed by atoms with Crippen molar-refractivity contribution in [3.05, 3.63) is 24.3 Å². The lowest BCUT2D eigenvalue weighted by Gasteiger charge is -2.21. The van der Waals surface area contributed by atoms with Crippen LogP contribution in [0.3, 0.4) is 0 Å². The van der Waals surface area contributed by atoms with Crippen molar-refractivity contribution in [2.24, 2.45) is 11.8 Å². The van der Waals surface area contributed by atoms with Crippen molar-refractivity contribution in [3.8, 4) is 0 Å². The van der Waals surface area contributed by atoms with Gasteiger partial charge in [-0.3, -0.25) is 9.59 Å². The van der Waals surface area contributed by atoms with Crippen molar-refractivity contribution < 1.29 is 24.9 Å². The molecule has 1 fully saturated rings. The Kier molecular flexibility index (Phi) is 9.81. The Balaban J connectivity index is 2.58. The molecule has 0 aromatic rings. The van der Waals surface area contributed by atoms with Crippen LogP contribution in [0.5, 0.6) is 0 Å². The van der Waals surface area contributed by atoms with Crippen LogP contribution < -0.4 is 0 Å². The largest absolute Gasteiger partial charge is 0.481 e. The van der Waals surface area contributed by atoms with E-state index >= 15 is 0 Å². The van der Waals surface area contributed by atoms with E-state index in [4.69, 9.17) is 5.11 Å². The van der Waals surface area contributed by atoms with Gasteiger partial charge in [-0.25, -0.2) is 0 Å². The number of rotatable bonds is 12. The number of carbonyl (C=O) groups excluding carboxylic acids is 1. The van der Waals surface area contributed by atoms with E-state index in [0.29, 0.717) is 25.7 Å². The van der Waals surface area contributed by atoms with Crippen molar-refractivity contribution in [3.63, 3.8) is 0 Å². The minimum atomic E-state index is -0.930. The van der Waals surface area contributed by atoms with Crippen LogP contribution in [-0.2, 0) is 9.59 Å². The van der Waals surface area contributed by atoms with E-state index in [1.807, 2.05) is 12.2 Å². The van der Waals surface area contributed by atoms with E-state index in [9.17, 15) is 19.8 Å². The van der Waals surface area contributed by atoms with Crippen LogP contribution >= 0.6 is 0 Å². The molecule has 0 bridgehead atoms. The Morgan fingerprint density at radius 3 is 2.65 bits per heavy atom. The normalized spacial score (nSPS) is 26.0. The second kappa shape index (κ2) is 11.3. The number of hydrogen-bond acceptors (Lipinski definition) is 4. The van der Waals surface area contributed by atoms with Crippen molar-refractivity contribution >= 4 is 11.8 Å². The van der Waals surface area contributed by atoms with E-state index in [0.717, 1.165) is 19.3 Å². The summed E-state index contributed by atoms with van der Waals surface area (Å²) in [6.45, 7) is 3.87. The minimum absolute atomic E-state index is 0.0161. The number of Topliss-reactive ketones (excluding diaryl/α,β-unsaturated/α-hetero) is 1. The average Bonchev–Trinajstić information content (AvgIpc) is 2.82. The predicted octanol–water partition coefficient (Wildman–Crippen LogP) is 3.64. The van der Waals surface area contributed by atoms with Crippen LogP contribution in [0, 0.1) is 11.8 Å². The van der Waals surface area contributed by atoms with Crippen LogP contribution in [0.25, 0.3) is 0 Å². The molecule has 3 N–H and O–H groups in total. The number of aliphatic carboxylic acids is 1. The molecule has 1 saturated carbocycles. The van der Waals surface area contributed by atoms with Gasteiger partial charge in [-0.2, -0.15) is 0 Å². The van der Waals surface area contributed by atoms with Gasteiger partial charge in [0.25, 0.3) is 0 Å². The molecular weight excluding hydrogens is 332 g/mol. The van der Waals surface area contributed by atoms with Gasteiger partial charge in [0.05, 0.1) is 11.7 Å². The Morgan fingerprint density at radius 1 is 1.27 bits per heavy atom. The highest BCUT2D eigenvalue weighted by molar-refractivity contribution is 5.86. The third kappa shape index (κ3) is 8.28. The van der Waals surface area contributed by atoms with E-state index in [-0.39, 0.29) is 30.5 Å². The minimum Gasteiger partial charge on any atom is -0.481 e. The number of ketones is 1. The summed E-state index contributed by atoms with van der Waals surface area (Å²) in [7, 11) is 0. The number of carboxylic acid groups (broad SMARTS) is 1. The first-order chi connectivity index (χ1) is 12.3. The second-order valence-electron chi connectivity index (χ2n) is 7.59. The summed E-state index contributed by atoms with van der Waals surface area (Å²) in [6, 6.07) is 0. The van der Waals surface area contributed by atoms with E-state index in [1.165, 1.54) is 0 Å². The van der Waals surface area contributed by atoms with Gasteiger partial charge in [0, 0.05) is 24.7 Å². The molecule has 4 atom stereocenters. The van der Waals surface area contributed by atoms with E-state index in [1.54, 1.807) is 19.1 Å². The van der Waals surface area contributed by atoms with Gasteiger partial charge in [0.15, 0.2) is 0 Å². The monoisotopic (exact) mass is 366 g/mol. The summed E-state index contributed by atoms with van der Waals surface area (Å²) >= 11 is 0. The molecule has 0 amide bonds. The summed E-state index contributed by atoms with van der Waals surface area (Å²) in [4.78, 5) is 22.7. The maximum absolute atomic E-state index is 12.2. The zero-order valence-corrected chi connectivity index (χ0v) is 16.1. The standard InChI is InChI=1S/C21H34O5/c1-3-4-9-13-21(2,26)14-12-17-16(18(22)15-19(17)23)10-7-5-6-8-11-20(24)25/h5,7,12,14,16-18,22,26H,3-4,6,8-11,13,15H2,1-2H3,(H,24,25)/b7-5-,14-12+/t16-,17-,18-,21-/m1/s1. The van der Waals surface area contributed by atoms with Crippen molar-refractivity contribution in [1.82, 2.24) is 0 Å². The van der Waals surface area contributed by atoms with Crippen LogP contribution in [0.4, 0.5) is 0 Å². The highest BCUT2D eigenvalue weighted by Gasteiger charge is 2.39. The first-order valence-corrected chi connectivity index (χ1v) is 9.76. The summed E-state index contributed by atoms with van der Waals surface area (Å²) in [5.41, 5.74) is -0.930. The van der Waals surface area contributed by atoms with Crippen molar-refractivity contribution in [2.45, 2.75) is 83.3 Å². The third-order valence-corrected chi connectivity index (χ3v) is 5.02.